The third-order valence-corrected chi connectivity index (χ3v) is 3.11. The number of nitrogens with one attached hydrogen (secondary N) is 1. The second-order valence-electron chi connectivity index (χ2n) is 5.40. The van der Waals surface area contributed by atoms with Gasteiger partial charge in [0, 0.05) is 12.5 Å². The van der Waals surface area contributed by atoms with E-state index in [-0.39, 0.29) is 5.91 Å². The zero-order valence-corrected chi connectivity index (χ0v) is 12.0. The van der Waals surface area contributed by atoms with Gasteiger partial charge in [-0.2, -0.15) is 0 Å². The van der Waals surface area contributed by atoms with Crippen LogP contribution in [-0.4, -0.2) is 18.5 Å². The number of amides is 1. The van der Waals surface area contributed by atoms with Gasteiger partial charge < -0.3 is 11.1 Å². The van der Waals surface area contributed by atoms with Gasteiger partial charge in [-0.1, -0.05) is 34.1 Å². The third kappa shape index (κ3) is 8.19. The Labute approximate surface area is 107 Å². The van der Waals surface area contributed by atoms with Crippen molar-refractivity contribution in [3.05, 3.63) is 0 Å². The maximum Gasteiger partial charge on any atom is 0.220 e. The minimum Gasteiger partial charge on any atom is -0.353 e. The summed E-state index contributed by atoms with van der Waals surface area (Å²) in [5.41, 5.74) is 5.71. The van der Waals surface area contributed by atoms with E-state index < -0.39 is 0 Å². The molecule has 0 saturated carbocycles. The minimum absolute atomic E-state index is 0.168. The van der Waals surface area contributed by atoms with Gasteiger partial charge >= 0.3 is 0 Å². The van der Waals surface area contributed by atoms with Crippen LogP contribution in [0.3, 0.4) is 0 Å². The van der Waals surface area contributed by atoms with Gasteiger partial charge in [0.05, 0.1) is 0 Å². The molecule has 2 unspecified atom stereocenters. The van der Waals surface area contributed by atoms with E-state index in [4.69, 9.17) is 5.73 Å². The van der Waals surface area contributed by atoms with Crippen molar-refractivity contribution in [2.45, 2.75) is 65.8 Å². The van der Waals surface area contributed by atoms with Crippen molar-refractivity contribution in [3.8, 4) is 0 Å². The Balaban J connectivity index is 4.04. The van der Waals surface area contributed by atoms with Gasteiger partial charge in [-0.3, -0.25) is 4.79 Å². The largest absolute Gasteiger partial charge is 0.353 e. The quantitative estimate of drug-likeness (QED) is 0.653. The SMILES string of the molecule is CCCC(CC)NC(=O)CC(CN)CC(C)C. The highest BCUT2D eigenvalue weighted by Gasteiger charge is 2.16. The fourth-order valence-electron chi connectivity index (χ4n) is 2.21. The van der Waals surface area contributed by atoms with Crippen molar-refractivity contribution in [3.63, 3.8) is 0 Å². The number of nitrogens with two attached hydrogens (primary N) is 1. The van der Waals surface area contributed by atoms with Crippen LogP contribution in [0.15, 0.2) is 0 Å². The van der Waals surface area contributed by atoms with E-state index in [2.05, 4.69) is 33.0 Å². The molecule has 0 heterocycles. The Morgan fingerprint density at radius 2 is 1.94 bits per heavy atom. The van der Waals surface area contributed by atoms with E-state index in [0.717, 1.165) is 25.7 Å². The summed E-state index contributed by atoms with van der Waals surface area (Å²) >= 11 is 0. The Morgan fingerprint density at radius 3 is 2.35 bits per heavy atom. The topological polar surface area (TPSA) is 55.1 Å². The van der Waals surface area contributed by atoms with Crippen molar-refractivity contribution in [1.29, 1.82) is 0 Å². The van der Waals surface area contributed by atoms with Crippen LogP contribution in [0.25, 0.3) is 0 Å². The van der Waals surface area contributed by atoms with E-state index in [9.17, 15) is 4.79 Å². The maximum absolute atomic E-state index is 11.9. The first-order valence-electron chi connectivity index (χ1n) is 7.02. The van der Waals surface area contributed by atoms with Gasteiger partial charge in [-0.15, -0.1) is 0 Å². The summed E-state index contributed by atoms with van der Waals surface area (Å²) in [4.78, 5) is 11.9. The van der Waals surface area contributed by atoms with E-state index in [1.807, 2.05) is 0 Å². The highest BCUT2D eigenvalue weighted by molar-refractivity contribution is 5.76. The predicted molar refractivity (Wildman–Crippen MR) is 73.7 cm³/mol. The zero-order chi connectivity index (χ0) is 13.3. The van der Waals surface area contributed by atoms with E-state index >= 15 is 0 Å². The van der Waals surface area contributed by atoms with Crippen LogP contribution in [0.4, 0.5) is 0 Å². The number of carbonyl (C=O) groups excluding carboxylic acids is 1. The van der Waals surface area contributed by atoms with Crippen molar-refractivity contribution < 1.29 is 4.79 Å². The molecule has 0 radical (unpaired) electrons. The molecule has 0 bridgehead atoms. The van der Waals surface area contributed by atoms with Gasteiger partial charge in [0.25, 0.3) is 0 Å². The molecule has 0 fully saturated rings. The summed E-state index contributed by atoms with van der Waals surface area (Å²) < 4.78 is 0. The normalized spacial score (nSPS) is 14.7. The van der Waals surface area contributed by atoms with E-state index in [0.29, 0.717) is 30.8 Å². The molecule has 0 spiro atoms. The average molecular weight is 242 g/mol. The molecule has 1 amide bonds. The highest BCUT2D eigenvalue weighted by atomic mass is 16.1. The molecule has 0 aromatic carbocycles. The lowest BCUT2D eigenvalue weighted by Gasteiger charge is -2.20. The molecule has 3 N–H and O–H groups in total. The standard InChI is InChI=1S/C14H30N2O/c1-5-7-13(6-2)16-14(17)9-12(10-15)8-11(3)4/h11-13H,5-10,15H2,1-4H3,(H,16,17). The van der Waals surface area contributed by atoms with Gasteiger partial charge in [-0.05, 0) is 37.6 Å². The fraction of sp³-hybridized carbons (Fsp3) is 0.929. The van der Waals surface area contributed by atoms with Crippen LogP contribution in [0.1, 0.15) is 59.8 Å². The highest BCUT2D eigenvalue weighted by Crippen LogP contribution is 2.14. The number of hydrogen-bond donors (Lipinski definition) is 2. The second-order valence-corrected chi connectivity index (χ2v) is 5.40. The lowest BCUT2D eigenvalue weighted by Crippen LogP contribution is -2.36. The molecule has 0 aromatic heterocycles. The van der Waals surface area contributed by atoms with Crippen molar-refractivity contribution >= 4 is 5.91 Å². The Bertz CT molecular complexity index is 204. The van der Waals surface area contributed by atoms with Gasteiger partial charge in [0.2, 0.25) is 5.91 Å². The summed E-state index contributed by atoms with van der Waals surface area (Å²) in [6.07, 6.45) is 4.81. The minimum atomic E-state index is 0.168. The summed E-state index contributed by atoms with van der Waals surface area (Å²) in [6, 6.07) is 0.338. The molecule has 3 heteroatoms. The molecule has 0 rings (SSSR count). The Kier molecular flexibility index (Phi) is 9.14. The first-order valence-corrected chi connectivity index (χ1v) is 7.02. The molecule has 2 atom stereocenters. The molecular formula is C14H30N2O. The van der Waals surface area contributed by atoms with Crippen LogP contribution in [-0.2, 0) is 4.79 Å². The molecular weight excluding hydrogens is 212 g/mol. The van der Waals surface area contributed by atoms with Gasteiger partial charge in [0.1, 0.15) is 0 Å². The third-order valence-electron chi connectivity index (χ3n) is 3.11. The van der Waals surface area contributed by atoms with Crippen LogP contribution in [0, 0.1) is 11.8 Å². The summed E-state index contributed by atoms with van der Waals surface area (Å²) in [6.45, 7) is 9.22. The van der Waals surface area contributed by atoms with Gasteiger partial charge in [-0.25, -0.2) is 0 Å². The van der Waals surface area contributed by atoms with E-state index in [1.165, 1.54) is 0 Å². The van der Waals surface area contributed by atoms with Crippen molar-refractivity contribution in [2.75, 3.05) is 6.54 Å². The van der Waals surface area contributed by atoms with Crippen molar-refractivity contribution in [1.82, 2.24) is 5.32 Å². The Morgan fingerprint density at radius 1 is 1.29 bits per heavy atom. The average Bonchev–Trinajstić information content (AvgIpc) is 2.26. The number of rotatable bonds is 9. The van der Waals surface area contributed by atoms with Gasteiger partial charge in [0.15, 0.2) is 0 Å². The predicted octanol–water partition coefficient (Wildman–Crippen LogP) is 2.69. The maximum atomic E-state index is 11.9. The van der Waals surface area contributed by atoms with Crippen LogP contribution in [0.5, 0.6) is 0 Å². The van der Waals surface area contributed by atoms with Crippen LogP contribution < -0.4 is 11.1 Å². The first kappa shape index (κ1) is 16.4. The molecule has 3 nitrogen and oxygen atoms in total. The summed E-state index contributed by atoms with van der Waals surface area (Å²) in [7, 11) is 0. The fourth-order valence-corrected chi connectivity index (χ4v) is 2.21. The van der Waals surface area contributed by atoms with Crippen LogP contribution in [0.2, 0.25) is 0 Å². The molecule has 0 aromatic rings. The van der Waals surface area contributed by atoms with E-state index in [1.54, 1.807) is 0 Å². The zero-order valence-electron chi connectivity index (χ0n) is 12.0. The first-order chi connectivity index (χ1) is 8.03. The summed E-state index contributed by atoms with van der Waals surface area (Å²) in [5.74, 6) is 1.10. The van der Waals surface area contributed by atoms with Crippen LogP contribution >= 0.6 is 0 Å². The second kappa shape index (κ2) is 9.46. The molecule has 0 saturated heterocycles. The molecule has 102 valence electrons. The molecule has 0 aliphatic rings. The Hall–Kier alpha value is -0.570. The van der Waals surface area contributed by atoms with Crippen molar-refractivity contribution in [2.24, 2.45) is 17.6 Å². The molecule has 17 heavy (non-hydrogen) atoms. The number of hydrogen-bond acceptors (Lipinski definition) is 2. The smallest absolute Gasteiger partial charge is 0.220 e. The monoisotopic (exact) mass is 242 g/mol. The molecule has 0 aliphatic heterocycles. The lowest BCUT2D eigenvalue weighted by molar-refractivity contribution is -0.122. The molecule has 0 aliphatic carbocycles. The summed E-state index contributed by atoms with van der Waals surface area (Å²) in [5, 5.41) is 3.11. The number of carbonyl (C=O) groups is 1. The lowest BCUT2D eigenvalue weighted by atomic mass is 9.94.